The molecule has 0 aliphatic rings. The average molecular weight is 1160 g/mol. The van der Waals surface area contributed by atoms with Crippen LogP contribution in [0.4, 0.5) is 0 Å². The molecule has 83 heavy (non-hydrogen) atoms. The Morgan fingerprint density at radius 1 is 0.253 bits per heavy atom. The summed E-state index contributed by atoms with van der Waals surface area (Å²) in [5.74, 6) is -0.864. The van der Waals surface area contributed by atoms with Crippen LogP contribution in [0, 0.1) is 0 Å². The monoisotopic (exact) mass is 1160 g/mol. The first kappa shape index (κ1) is 79.8. The molecule has 0 spiro atoms. The van der Waals surface area contributed by atoms with Crippen molar-refractivity contribution in [1.29, 1.82) is 0 Å². The van der Waals surface area contributed by atoms with Crippen molar-refractivity contribution in [3.05, 3.63) is 72.9 Å². The highest BCUT2D eigenvalue weighted by Crippen LogP contribution is 2.18. The molecule has 0 heterocycles. The van der Waals surface area contributed by atoms with Gasteiger partial charge in [-0.1, -0.05) is 344 Å². The molecule has 0 aromatic carbocycles. The average Bonchev–Trinajstić information content (AvgIpc) is 3.49. The molecular weight excluding hydrogens is 1020 g/mol. The fraction of sp³-hybridized carbons (Fsp3) is 0.805. The van der Waals surface area contributed by atoms with Crippen molar-refractivity contribution in [3.8, 4) is 0 Å². The lowest BCUT2D eigenvalue weighted by atomic mass is 10.0. The quantitative estimate of drug-likeness (QED) is 0.0261. The van der Waals surface area contributed by atoms with Crippen LogP contribution in [0.2, 0.25) is 0 Å². The summed E-state index contributed by atoms with van der Waals surface area (Å²) in [5.41, 5.74) is 0. The second kappa shape index (κ2) is 71.3. The van der Waals surface area contributed by atoms with Gasteiger partial charge in [0.05, 0.1) is 0 Å². The van der Waals surface area contributed by atoms with Gasteiger partial charge in [-0.15, -0.1) is 0 Å². The lowest BCUT2D eigenvalue weighted by Crippen LogP contribution is -2.30. The lowest BCUT2D eigenvalue weighted by Gasteiger charge is -2.18. The number of rotatable bonds is 67. The van der Waals surface area contributed by atoms with Crippen LogP contribution >= 0.6 is 0 Å². The predicted molar refractivity (Wildman–Crippen MR) is 362 cm³/mol. The van der Waals surface area contributed by atoms with Gasteiger partial charge in [0.25, 0.3) is 0 Å². The molecule has 0 aromatic rings. The van der Waals surface area contributed by atoms with Crippen LogP contribution in [0.15, 0.2) is 72.9 Å². The van der Waals surface area contributed by atoms with Gasteiger partial charge in [-0.3, -0.25) is 14.4 Å². The molecule has 0 amide bonds. The van der Waals surface area contributed by atoms with E-state index in [1.54, 1.807) is 0 Å². The van der Waals surface area contributed by atoms with Gasteiger partial charge in [0.15, 0.2) is 6.10 Å². The summed E-state index contributed by atoms with van der Waals surface area (Å²) in [4.78, 5) is 38.5. The number of esters is 3. The normalized spacial score (nSPS) is 12.5. The Morgan fingerprint density at radius 2 is 0.470 bits per heavy atom. The first-order valence-corrected chi connectivity index (χ1v) is 36.4. The number of allylic oxidation sites excluding steroid dienone is 12. The molecule has 0 fully saturated rings. The molecule has 0 rings (SSSR count). The molecule has 0 aliphatic carbocycles. The van der Waals surface area contributed by atoms with E-state index in [0.29, 0.717) is 19.3 Å². The van der Waals surface area contributed by atoms with Gasteiger partial charge < -0.3 is 14.2 Å². The third-order valence-electron chi connectivity index (χ3n) is 16.2. The molecule has 0 saturated carbocycles. The van der Waals surface area contributed by atoms with Crippen LogP contribution in [-0.2, 0) is 28.6 Å². The minimum Gasteiger partial charge on any atom is -0.462 e. The maximum atomic E-state index is 13.0. The summed E-state index contributed by atoms with van der Waals surface area (Å²) in [5, 5.41) is 0. The Bertz CT molecular complexity index is 1520. The SMILES string of the molecule is CC/C=C\C/C=C\C/C=C\C/C=C\CCCCCCCCCCC(=O)OC(COC(=O)CCCCCCCCCCC/C=C\C/C=C\CCCCCCC)COC(=O)CCCCCCCCCCCCCCCCCCCCCCCCC. The van der Waals surface area contributed by atoms with Crippen molar-refractivity contribution in [2.45, 2.75) is 386 Å². The highest BCUT2D eigenvalue weighted by atomic mass is 16.6. The second-order valence-electron chi connectivity index (χ2n) is 24.5. The number of ether oxygens (including phenoxy) is 3. The molecule has 0 bridgehead atoms. The van der Waals surface area contributed by atoms with E-state index in [2.05, 4.69) is 93.7 Å². The first-order chi connectivity index (χ1) is 41.0. The van der Waals surface area contributed by atoms with Crippen molar-refractivity contribution in [1.82, 2.24) is 0 Å². The van der Waals surface area contributed by atoms with E-state index in [0.717, 1.165) is 96.3 Å². The molecule has 0 saturated heterocycles. The van der Waals surface area contributed by atoms with Gasteiger partial charge in [0.1, 0.15) is 13.2 Å². The van der Waals surface area contributed by atoms with E-state index >= 15 is 0 Å². The van der Waals surface area contributed by atoms with Gasteiger partial charge >= 0.3 is 17.9 Å². The standard InChI is InChI=1S/C77H138O6/c1-4-7-10-13-16-19-22-25-28-31-34-37-38-41-43-46-49-52-55-58-61-64-67-70-76(79)82-73-74(83-77(80)71-68-65-62-59-56-53-50-47-44-40-36-33-30-27-24-21-18-15-12-9-6-3)72-81-75(78)69-66-63-60-57-54-51-48-45-42-39-35-32-29-26-23-20-17-14-11-8-5-2/h9,12,18,21,23,26-27,30,32,35-36,40,74H,4-8,10-11,13-17,19-20,22,24-25,28-29,31,33-34,37-39,41-73H2,1-3H3/b12-9-,21-18-,26-23-,30-27-,35-32-,40-36-. The number of carbonyl (C=O) groups is 3. The third kappa shape index (κ3) is 69.5. The second-order valence-corrected chi connectivity index (χ2v) is 24.5. The van der Waals surface area contributed by atoms with Crippen molar-refractivity contribution < 1.29 is 28.6 Å². The van der Waals surface area contributed by atoms with Crippen LogP contribution in [0.5, 0.6) is 0 Å². The molecule has 1 unspecified atom stereocenters. The highest BCUT2D eigenvalue weighted by molar-refractivity contribution is 5.71. The fourth-order valence-corrected chi connectivity index (χ4v) is 10.8. The van der Waals surface area contributed by atoms with E-state index in [9.17, 15) is 14.4 Å². The minimum absolute atomic E-state index is 0.0762. The van der Waals surface area contributed by atoms with Gasteiger partial charge in [-0.25, -0.2) is 0 Å². The van der Waals surface area contributed by atoms with Crippen molar-refractivity contribution in [2.75, 3.05) is 13.2 Å². The van der Waals surface area contributed by atoms with E-state index in [1.165, 1.54) is 244 Å². The smallest absolute Gasteiger partial charge is 0.306 e. The van der Waals surface area contributed by atoms with Crippen LogP contribution < -0.4 is 0 Å². The van der Waals surface area contributed by atoms with Crippen LogP contribution in [0.3, 0.4) is 0 Å². The summed E-state index contributed by atoms with van der Waals surface area (Å²) in [7, 11) is 0. The summed E-state index contributed by atoms with van der Waals surface area (Å²) < 4.78 is 17.0. The van der Waals surface area contributed by atoms with Crippen molar-refractivity contribution in [3.63, 3.8) is 0 Å². The molecule has 0 aromatic heterocycles. The number of hydrogen-bond acceptors (Lipinski definition) is 6. The Balaban J connectivity index is 4.35. The number of unbranched alkanes of at least 4 members (excludes halogenated alkanes) is 44. The van der Waals surface area contributed by atoms with E-state index < -0.39 is 6.10 Å². The third-order valence-corrected chi connectivity index (χ3v) is 16.2. The molecule has 1 atom stereocenters. The van der Waals surface area contributed by atoms with Gasteiger partial charge in [0, 0.05) is 19.3 Å². The Hall–Kier alpha value is -3.15. The summed E-state index contributed by atoms with van der Waals surface area (Å²) in [6.07, 6.45) is 93.5. The topological polar surface area (TPSA) is 78.9 Å². The maximum Gasteiger partial charge on any atom is 0.306 e. The Labute approximate surface area is 516 Å². The van der Waals surface area contributed by atoms with Crippen LogP contribution in [-0.4, -0.2) is 37.2 Å². The lowest BCUT2D eigenvalue weighted by molar-refractivity contribution is -0.167. The zero-order valence-electron chi connectivity index (χ0n) is 55.5. The zero-order valence-corrected chi connectivity index (χ0v) is 55.5. The maximum absolute atomic E-state index is 13.0. The van der Waals surface area contributed by atoms with Gasteiger partial charge in [-0.2, -0.15) is 0 Å². The Morgan fingerprint density at radius 3 is 0.735 bits per heavy atom. The molecular formula is C77H138O6. The molecule has 0 radical (unpaired) electrons. The number of carbonyl (C=O) groups excluding carboxylic acids is 3. The summed E-state index contributed by atoms with van der Waals surface area (Å²) in [6, 6.07) is 0. The van der Waals surface area contributed by atoms with Crippen molar-refractivity contribution in [2.24, 2.45) is 0 Å². The predicted octanol–water partition coefficient (Wildman–Crippen LogP) is 25.2. The van der Waals surface area contributed by atoms with Crippen LogP contribution in [0.25, 0.3) is 0 Å². The molecule has 6 nitrogen and oxygen atoms in total. The highest BCUT2D eigenvalue weighted by Gasteiger charge is 2.19. The minimum atomic E-state index is -0.783. The van der Waals surface area contributed by atoms with E-state index in [-0.39, 0.29) is 31.1 Å². The fourth-order valence-electron chi connectivity index (χ4n) is 10.8. The summed E-state index contributed by atoms with van der Waals surface area (Å²) >= 11 is 0. The Kier molecular flexibility index (Phi) is 68.6. The van der Waals surface area contributed by atoms with E-state index in [4.69, 9.17) is 14.2 Å². The van der Waals surface area contributed by atoms with Gasteiger partial charge in [-0.05, 0) is 89.9 Å². The van der Waals surface area contributed by atoms with Gasteiger partial charge in [0.2, 0.25) is 0 Å². The largest absolute Gasteiger partial charge is 0.462 e. The van der Waals surface area contributed by atoms with Crippen LogP contribution in [0.1, 0.15) is 380 Å². The number of hydrogen-bond donors (Lipinski definition) is 0. The van der Waals surface area contributed by atoms with E-state index in [1.807, 2.05) is 0 Å². The molecule has 6 heteroatoms. The molecule has 482 valence electrons. The molecule has 0 N–H and O–H groups in total. The first-order valence-electron chi connectivity index (χ1n) is 36.4. The zero-order chi connectivity index (χ0) is 59.9. The molecule has 0 aliphatic heterocycles. The van der Waals surface area contributed by atoms with Crippen molar-refractivity contribution >= 4 is 17.9 Å². The summed E-state index contributed by atoms with van der Waals surface area (Å²) in [6.45, 7) is 6.58.